The molecule has 5 atom stereocenters. The maximum atomic E-state index is 10.7. The maximum Gasteiger partial charge on any atom is 0.397 e. The van der Waals surface area contributed by atoms with Crippen LogP contribution in [0.5, 0.6) is 0 Å². The molecule has 0 bridgehead atoms. The van der Waals surface area contributed by atoms with Crippen molar-refractivity contribution < 1.29 is 36.8 Å². The fraction of sp³-hybridized carbons (Fsp3) is 0.917. The van der Waals surface area contributed by atoms with Gasteiger partial charge in [0.05, 0.1) is 12.6 Å². The summed E-state index contributed by atoms with van der Waals surface area (Å²) in [6.07, 6.45) is 16.5. The van der Waals surface area contributed by atoms with Crippen molar-refractivity contribution in [3.8, 4) is 0 Å². The fourth-order valence-electron chi connectivity index (χ4n) is 3.94. The second-order valence-electron chi connectivity index (χ2n) is 9.12. The van der Waals surface area contributed by atoms with Gasteiger partial charge in [0.15, 0.2) is 6.29 Å². The molecule has 1 fully saturated rings. The molecule has 1 rings (SSSR count). The van der Waals surface area contributed by atoms with Crippen LogP contribution in [0, 0.1) is 0 Å². The van der Waals surface area contributed by atoms with E-state index < -0.39 is 47.6 Å². The highest BCUT2D eigenvalue weighted by Crippen LogP contribution is 2.22. The number of aliphatic hydroxyl groups excluding tert-OH is 2. The van der Waals surface area contributed by atoms with E-state index in [2.05, 4.69) is 23.3 Å². The first-order valence-corrected chi connectivity index (χ1v) is 14.3. The molecule has 1 saturated heterocycles. The summed E-state index contributed by atoms with van der Waals surface area (Å²) in [5.41, 5.74) is 5.85. The molecular weight excluding hydrogens is 462 g/mol. The van der Waals surface area contributed by atoms with Gasteiger partial charge in [-0.3, -0.25) is 4.55 Å². The number of allylic oxidation sites excluding steroid dienone is 2. The normalized spacial score (nSPS) is 25.9. The molecule has 0 aliphatic carbocycles. The van der Waals surface area contributed by atoms with E-state index >= 15 is 0 Å². The lowest BCUT2D eigenvalue weighted by molar-refractivity contribution is -0.264. The Hall–Kier alpha value is -0.590. The highest BCUT2D eigenvalue weighted by molar-refractivity contribution is 7.80. The van der Waals surface area contributed by atoms with Crippen molar-refractivity contribution in [2.24, 2.45) is 5.73 Å². The van der Waals surface area contributed by atoms with Gasteiger partial charge >= 0.3 is 10.4 Å². The van der Waals surface area contributed by atoms with Crippen molar-refractivity contribution in [1.82, 2.24) is 0 Å². The van der Waals surface area contributed by atoms with E-state index in [9.17, 15) is 18.6 Å². The minimum atomic E-state index is -4.69. The lowest BCUT2D eigenvalue weighted by Gasteiger charge is -2.40. The molecule has 202 valence electrons. The number of hydrogen-bond acceptors (Lipinski definition) is 8. The maximum absolute atomic E-state index is 10.7. The molecule has 1 aliphatic rings. The van der Waals surface area contributed by atoms with Crippen LogP contribution in [0.15, 0.2) is 12.2 Å². The molecule has 0 amide bonds. The first-order chi connectivity index (χ1) is 16.3. The third-order valence-corrected chi connectivity index (χ3v) is 6.50. The molecule has 1 heterocycles. The molecule has 5 N–H and O–H groups in total. The predicted octanol–water partition coefficient (Wildman–Crippen LogP) is 3.63. The van der Waals surface area contributed by atoms with Gasteiger partial charge in [0.2, 0.25) is 0 Å². The molecule has 0 saturated carbocycles. The van der Waals surface area contributed by atoms with Gasteiger partial charge in [0, 0.05) is 6.61 Å². The van der Waals surface area contributed by atoms with Crippen LogP contribution >= 0.6 is 0 Å². The SMILES string of the molecule is CCCCCCCC/C=C\CCCCCCCCO[C@H]1O[C@H](COS(=O)(=O)O)[C@@H](O)[C@H](O)[C@H]1N. The minimum Gasteiger partial charge on any atom is -0.388 e. The number of hydrogen-bond donors (Lipinski definition) is 4. The van der Waals surface area contributed by atoms with Gasteiger partial charge in [-0.15, -0.1) is 0 Å². The Kier molecular flexibility index (Phi) is 17.2. The molecule has 0 spiro atoms. The number of rotatable bonds is 20. The largest absolute Gasteiger partial charge is 0.397 e. The highest BCUT2D eigenvalue weighted by Gasteiger charge is 2.43. The van der Waals surface area contributed by atoms with Crippen LogP contribution in [0.1, 0.15) is 96.8 Å². The van der Waals surface area contributed by atoms with Gasteiger partial charge in [-0.25, -0.2) is 4.18 Å². The van der Waals surface area contributed by atoms with Crippen molar-refractivity contribution in [1.29, 1.82) is 0 Å². The van der Waals surface area contributed by atoms with Crippen molar-refractivity contribution in [2.45, 2.75) is 127 Å². The average Bonchev–Trinajstić information content (AvgIpc) is 2.79. The molecule has 0 aromatic heterocycles. The Balaban J connectivity index is 2.04. The molecule has 0 radical (unpaired) electrons. The monoisotopic (exact) mass is 509 g/mol. The van der Waals surface area contributed by atoms with Gasteiger partial charge in [-0.1, -0.05) is 76.9 Å². The zero-order valence-electron chi connectivity index (χ0n) is 20.7. The minimum absolute atomic E-state index is 0.369. The van der Waals surface area contributed by atoms with Crippen molar-refractivity contribution in [3.05, 3.63) is 12.2 Å². The van der Waals surface area contributed by atoms with Crippen LogP contribution in [0.25, 0.3) is 0 Å². The lowest BCUT2D eigenvalue weighted by Crippen LogP contribution is -2.62. The van der Waals surface area contributed by atoms with Crippen LogP contribution in [0.3, 0.4) is 0 Å². The van der Waals surface area contributed by atoms with Gasteiger partial charge in [0.1, 0.15) is 18.3 Å². The summed E-state index contributed by atoms with van der Waals surface area (Å²) in [4.78, 5) is 0. The fourth-order valence-corrected chi connectivity index (χ4v) is 4.25. The average molecular weight is 510 g/mol. The molecule has 0 unspecified atom stereocenters. The quantitative estimate of drug-likeness (QED) is 0.110. The number of nitrogens with two attached hydrogens (primary N) is 1. The van der Waals surface area contributed by atoms with Crippen molar-refractivity contribution in [2.75, 3.05) is 13.2 Å². The Labute approximate surface area is 206 Å². The van der Waals surface area contributed by atoms with Crippen molar-refractivity contribution in [3.63, 3.8) is 0 Å². The summed E-state index contributed by atoms with van der Waals surface area (Å²) in [6, 6.07) is -0.980. The Morgan fingerprint density at radius 3 is 1.94 bits per heavy atom. The van der Waals surface area contributed by atoms with E-state index in [4.69, 9.17) is 19.8 Å². The van der Waals surface area contributed by atoms with Crippen LogP contribution in [0.2, 0.25) is 0 Å². The van der Waals surface area contributed by atoms with E-state index in [1.165, 1.54) is 64.2 Å². The Morgan fingerprint density at radius 1 is 0.853 bits per heavy atom. The molecule has 0 aromatic rings. The summed E-state index contributed by atoms with van der Waals surface area (Å²) in [5.74, 6) is 0. The van der Waals surface area contributed by atoms with Crippen LogP contribution < -0.4 is 5.73 Å². The smallest absolute Gasteiger partial charge is 0.388 e. The van der Waals surface area contributed by atoms with Crippen LogP contribution in [-0.4, -0.2) is 67.0 Å². The molecule has 34 heavy (non-hydrogen) atoms. The first kappa shape index (κ1) is 31.4. The standard InChI is InChI=1S/C24H47NO8S/c1-2-3-4-5-6-7-8-9-10-11-12-13-14-15-16-17-18-31-24-21(25)23(27)22(26)20(33-24)19-32-34(28,29)30/h9-10,20-24,26-27H,2-8,11-19,25H2,1H3,(H,28,29,30)/b10-9-/t20-,21-,22-,23-,24+/m1/s1. The molecule has 10 heteroatoms. The molecular formula is C24H47NO8S. The summed E-state index contributed by atoms with van der Waals surface area (Å²) in [6.45, 7) is 1.96. The van der Waals surface area contributed by atoms with Crippen LogP contribution in [-0.2, 0) is 24.1 Å². The second-order valence-corrected chi connectivity index (χ2v) is 10.2. The van der Waals surface area contributed by atoms with E-state index in [-0.39, 0.29) is 0 Å². The number of aliphatic hydroxyl groups is 2. The van der Waals surface area contributed by atoms with E-state index in [0.29, 0.717) is 6.61 Å². The van der Waals surface area contributed by atoms with Gasteiger partial charge in [0.25, 0.3) is 0 Å². The third kappa shape index (κ3) is 14.7. The topological polar surface area (TPSA) is 149 Å². The van der Waals surface area contributed by atoms with Gasteiger partial charge in [-0.05, 0) is 32.1 Å². The molecule has 9 nitrogen and oxygen atoms in total. The van der Waals surface area contributed by atoms with Crippen molar-refractivity contribution >= 4 is 10.4 Å². The highest BCUT2D eigenvalue weighted by atomic mass is 32.3. The lowest BCUT2D eigenvalue weighted by atomic mass is 9.98. The first-order valence-electron chi connectivity index (χ1n) is 12.9. The van der Waals surface area contributed by atoms with Gasteiger partial charge in [-0.2, -0.15) is 8.42 Å². The second kappa shape index (κ2) is 18.6. The number of ether oxygens (including phenoxy) is 2. The summed E-state index contributed by atoms with van der Waals surface area (Å²) < 4.78 is 45.4. The summed E-state index contributed by atoms with van der Waals surface area (Å²) in [7, 11) is -4.69. The molecule has 1 aliphatic heterocycles. The Morgan fingerprint density at radius 2 is 1.38 bits per heavy atom. The van der Waals surface area contributed by atoms with Crippen LogP contribution in [0.4, 0.5) is 0 Å². The van der Waals surface area contributed by atoms with E-state index in [0.717, 1.165) is 25.7 Å². The summed E-state index contributed by atoms with van der Waals surface area (Å²) >= 11 is 0. The third-order valence-electron chi connectivity index (χ3n) is 6.07. The number of unbranched alkanes of at least 4 members (excludes halogenated alkanes) is 12. The zero-order valence-corrected chi connectivity index (χ0v) is 21.5. The van der Waals surface area contributed by atoms with E-state index in [1.54, 1.807) is 0 Å². The zero-order chi connectivity index (χ0) is 25.2. The Bertz CT molecular complexity index is 630. The predicted molar refractivity (Wildman–Crippen MR) is 132 cm³/mol. The molecule has 0 aromatic carbocycles. The van der Waals surface area contributed by atoms with Gasteiger partial charge < -0.3 is 25.4 Å². The summed E-state index contributed by atoms with van der Waals surface area (Å²) in [5, 5.41) is 20.0. The van der Waals surface area contributed by atoms with E-state index in [1.807, 2.05) is 0 Å².